The van der Waals surface area contributed by atoms with Gasteiger partial charge >= 0.3 is 0 Å². The zero-order chi connectivity index (χ0) is 14.8. The summed E-state index contributed by atoms with van der Waals surface area (Å²) in [6.45, 7) is 8.01. The van der Waals surface area contributed by atoms with Crippen molar-refractivity contribution in [2.24, 2.45) is 11.3 Å². The van der Waals surface area contributed by atoms with Crippen molar-refractivity contribution in [3.8, 4) is 0 Å². The summed E-state index contributed by atoms with van der Waals surface area (Å²) in [5.74, 6) is 0.504. The van der Waals surface area contributed by atoms with E-state index in [0.29, 0.717) is 5.92 Å². The molecule has 20 heavy (non-hydrogen) atoms. The summed E-state index contributed by atoms with van der Waals surface area (Å²) in [4.78, 5) is 12.7. The van der Waals surface area contributed by atoms with E-state index in [4.69, 9.17) is 0 Å². The number of benzene rings is 1. The van der Waals surface area contributed by atoms with E-state index < -0.39 is 0 Å². The van der Waals surface area contributed by atoms with Crippen LogP contribution in [-0.2, 0) is 4.79 Å². The SMILES string of the molecule is CC(C)C1(C(=O)N[C@@H](C)c2ccccc2Br)CCNC1. The summed E-state index contributed by atoms with van der Waals surface area (Å²) in [7, 11) is 0. The maximum absolute atomic E-state index is 12.7. The van der Waals surface area contributed by atoms with E-state index in [1.54, 1.807) is 0 Å². The van der Waals surface area contributed by atoms with Crippen molar-refractivity contribution in [2.75, 3.05) is 13.1 Å². The molecule has 0 saturated carbocycles. The predicted octanol–water partition coefficient (Wildman–Crippen LogP) is 3.26. The van der Waals surface area contributed by atoms with E-state index in [1.165, 1.54) is 0 Å². The van der Waals surface area contributed by atoms with Crippen LogP contribution in [0.2, 0.25) is 0 Å². The van der Waals surface area contributed by atoms with Gasteiger partial charge in [0.15, 0.2) is 0 Å². The molecule has 1 fully saturated rings. The van der Waals surface area contributed by atoms with Crippen LogP contribution in [0.3, 0.4) is 0 Å². The molecule has 1 aromatic carbocycles. The van der Waals surface area contributed by atoms with Crippen molar-refractivity contribution < 1.29 is 4.79 Å². The number of rotatable bonds is 4. The molecule has 0 aromatic heterocycles. The van der Waals surface area contributed by atoms with Crippen LogP contribution in [0.5, 0.6) is 0 Å². The molecule has 1 heterocycles. The molecule has 1 aliphatic heterocycles. The molecule has 110 valence electrons. The summed E-state index contributed by atoms with van der Waals surface area (Å²) in [6.07, 6.45) is 0.916. The molecule has 0 aliphatic carbocycles. The molecule has 0 spiro atoms. The Balaban J connectivity index is 2.13. The average Bonchev–Trinajstić information content (AvgIpc) is 2.89. The second kappa shape index (κ2) is 6.27. The molecule has 4 heteroatoms. The van der Waals surface area contributed by atoms with Crippen LogP contribution in [-0.4, -0.2) is 19.0 Å². The van der Waals surface area contributed by atoms with Crippen LogP contribution in [0, 0.1) is 11.3 Å². The van der Waals surface area contributed by atoms with Crippen LogP contribution < -0.4 is 10.6 Å². The maximum Gasteiger partial charge on any atom is 0.228 e. The minimum Gasteiger partial charge on any atom is -0.349 e. The Morgan fingerprint density at radius 1 is 1.35 bits per heavy atom. The lowest BCUT2D eigenvalue weighted by Crippen LogP contribution is -2.46. The second-order valence-corrected chi connectivity index (χ2v) is 6.81. The van der Waals surface area contributed by atoms with E-state index in [2.05, 4.69) is 40.4 Å². The van der Waals surface area contributed by atoms with Gasteiger partial charge in [0.2, 0.25) is 5.91 Å². The number of halogens is 1. The van der Waals surface area contributed by atoms with Gasteiger partial charge in [0.1, 0.15) is 0 Å². The number of carbonyl (C=O) groups is 1. The molecule has 1 aromatic rings. The van der Waals surface area contributed by atoms with Crippen molar-refractivity contribution in [1.82, 2.24) is 10.6 Å². The molecule has 1 aliphatic rings. The third kappa shape index (κ3) is 2.91. The van der Waals surface area contributed by atoms with Crippen molar-refractivity contribution in [3.05, 3.63) is 34.3 Å². The molecule has 2 N–H and O–H groups in total. The van der Waals surface area contributed by atoms with Crippen molar-refractivity contribution in [3.63, 3.8) is 0 Å². The van der Waals surface area contributed by atoms with Gasteiger partial charge in [0, 0.05) is 11.0 Å². The van der Waals surface area contributed by atoms with Crippen molar-refractivity contribution >= 4 is 21.8 Å². The van der Waals surface area contributed by atoms with Crippen LogP contribution >= 0.6 is 15.9 Å². The smallest absolute Gasteiger partial charge is 0.228 e. The predicted molar refractivity (Wildman–Crippen MR) is 85.5 cm³/mol. The van der Waals surface area contributed by atoms with Gasteiger partial charge < -0.3 is 10.6 Å². The number of nitrogens with one attached hydrogen (secondary N) is 2. The molecule has 1 unspecified atom stereocenters. The third-order valence-corrected chi connectivity index (χ3v) is 5.19. The zero-order valence-electron chi connectivity index (χ0n) is 12.4. The van der Waals surface area contributed by atoms with Crippen molar-refractivity contribution in [2.45, 2.75) is 33.2 Å². The molecule has 0 radical (unpaired) electrons. The summed E-state index contributed by atoms with van der Waals surface area (Å²) < 4.78 is 1.04. The van der Waals surface area contributed by atoms with Gasteiger partial charge in [0.25, 0.3) is 0 Å². The van der Waals surface area contributed by atoms with E-state index in [-0.39, 0.29) is 17.4 Å². The molecular formula is C16H23BrN2O. The summed E-state index contributed by atoms with van der Waals surface area (Å²) >= 11 is 3.55. The number of hydrogen-bond acceptors (Lipinski definition) is 2. The fraction of sp³-hybridized carbons (Fsp3) is 0.562. The molecular weight excluding hydrogens is 316 g/mol. The molecule has 2 atom stereocenters. The minimum atomic E-state index is -0.268. The summed E-state index contributed by atoms with van der Waals surface area (Å²) in [5, 5.41) is 6.52. The van der Waals surface area contributed by atoms with E-state index in [1.807, 2.05) is 31.2 Å². The van der Waals surface area contributed by atoms with E-state index in [0.717, 1.165) is 29.5 Å². The Morgan fingerprint density at radius 3 is 2.60 bits per heavy atom. The van der Waals surface area contributed by atoms with Gasteiger partial charge in [-0.25, -0.2) is 0 Å². The second-order valence-electron chi connectivity index (χ2n) is 5.95. The topological polar surface area (TPSA) is 41.1 Å². The standard InChI is InChI=1S/C16H23BrN2O/c1-11(2)16(8-9-18-10-16)15(20)19-12(3)13-6-4-5-7-14(13)17/h4-7,11-12,18H,8-10H2,1-3H3,(H,19,20)/t12-,16?/m0/s1. The quantitative estimate of drug-likeness (QED) is 0.884. The highest BCUT2D eigenvalue weighted by atomic mass is 79.9. The lowest BCUT2D eigenvalue weighted by atomic mass is 9.75. The highest BCUT2D eigenvalue weighted by Crippen LogP contribution is 2.35. The first-order chi connectivity index (χ1) is 9.47. The monoisotopic (exact) mass is 338 g/mol. The maximum atomic E-state index is 12.7. The van der Waals surface area contributed by atoms with Gasteiger partial charge in [-0.2, -0.15) is 0 Å². The molecule has 3 nitrogen and oxygen atoms in total. The highest BCUT2D eigenvalue weighted by Gasteiger charge is 2.44. The Hall–Kier alpha value is -0.870. The Morgan fingerprint density at radius 2 is 2.05 bits per heavy atom. The summed E-state index contributed by atoms with van der Waals surface area (Å²) in [5.41, 5.74) is 0.848. The van der Waals surface area contributed by atoms with Crippen molar-refractivity contribution in [1.29, 1.82) is 0 Å². The average molecular weight is 339 g/mol. The van der Waals surface area contributed by atoms with Crippen LogP contribution in [0.15, 0.2) is 28.7 Å². The van der Waals surface area contributed by atoms with Gasteiger partial charge in [-0.15, -0.1) is 0 Å². The first kappa shape index (κ1) is 15.5. The normalized spacial score (nSPS) is 23.9. The lowest BCUT2D eigenvalue weighted by molar-refractivity contribution is -0.133. The Labute approximate surface area is 129 Å². The van der Waals surface area contributed by atoms with Crippen LogP contribution in [0.1, 0.15) is 38.8 Å². The third-order valence-electron chi connectivity index (χ3n) is 4.47. The number of amides is 1. The van der Waals surface area contributed by atoms with Gasteiger partial charge in [-0.3, -0.25) is 4.79 Å². The minimum absolute atomic E-state index is 0.00861. The number of carbonyl (C=O) groups excluding carboxylic acids is 1. The van der Waals surface area contributed by atoms with Gasteiger partial charge in [-0.05, 0) is 37.4 Å². The van der Waals surface area contributed by atoms with Gasteiger partial charge in [-0.1, -0.05) is 48.0 Å². The Bertz CT molecular complexity index is 481. The number of hydrogen-bond donors (Lipinski definition) is 2. The molecule has 2 rings (SSSR count). The molecule has 1 amide bonds. The fourth-order valence-electron chi connectivity index (χ4n) is 2.90. The molecule has 1 saturated heterocycles. The van der Waals surface area contributed by atoms with Crippen LogP contribution in [0.25, 0.3) is 0 Å². The van der Waals surface area contributed by atoms with E-state index in [9.17, 15) is 4.79 Å². The van der Waals surface area contributed by atoms with E-state index >= 15 is 0 Å². The highest BCUT2D eigenvalue weighted by molar-refractivity contribution is 9.10. The van der Waals surface area contributed by atoms with Crippen LogP contribution in [0.4, 0.5) is 0 Å². The molecule has 0 bridgehead atoms. The largest absolute Gasteiger partial charge is 0.349 e. The first-order valence-electron chi connectivity index (χ1n) is 7.23. The first-order valence-corrected chi connectivity index (χ1v) is 8.03. The fourth-order valence-corrected chi connectivity index (χ4v) is 3.53. The lowest BCUT2D eigenvalue weighted by Gasteiger charge is -2.32. The summed E-state index contributed by atoms with van der Waals surface area (Å²) in [6, 6.07) is 8.04. The zero-order valence-corrected chi connectivity index (χ0v) is 14.0. The van der Waals surface area contributed by atoms with Gasteiger partial charge in [0.05, 0.1) is 11.5 Å². The Kier molecular flexibility index (Phi) is 4.86.